The number of rotatable bonds is 3. The number of aromatic nitrogens is 2. The van der Waals surface area contributed by atoms with E-state index in [4.69, 9.17) is 16.0 Å². The van der Waals surface area contributed by atoms with Crippen molar-refractivity contribution >= 4 is 51.0 Å². The number of aryl methyl sites for hydroxylation is 2. The molecule has 0 aliphatic rings. The van der Waals surface area contributed by atoms with E-state index in [1.54, 1.807) is 22.6 Å². The summed E-state index contributed by atoms with van der Waals surface area (Å²) in [5, 5.41) is 9.59. The Hall–Kier alpha value is -3.42. The van der Waals surface area contributed by atoms with E-state index in [1.807, 2.05) is 26.0 Å². The molecule has 0 saturated carbocycles. The molecule has 0 fully saturated rings. The van der Waals surface area contributed by atoms with Gasteiger partial charge in [0.2, 0.25) is 0 Å². The lowest BCUT2D eigenvalue weighted by Gasteiger charge is -2.02. The monoisotopic (exact) mass is 450 g/mol. The van der Waals surface area contributed by atoms with Gasteiger partial charge in [-0.2, -0.15) is 0 Å². The Bertz CT molecular complexity index is 1630. The van der Waals surface area contributed by atoms with Crippen LogP contribution in [0.5, 0.6) is 0 Å². The number of halogens is 1. The molecule has 8 heteroatoms. The van der Waals surface area contributed by atoms with Crippen molar-refractivity contribution in [2.75, 3.05) is 0 Å². The summed E-state index contributed by atoms with van der Waals surface area (Å²) in [5.41, 5.74) is 4.24. The molecule has 0 bridgehead atoms. The number of carboxylic acid groups (broad SMARTS) is 1. The highest BCUT2D eigenvalue weighted by atomic mass is 35.5. The number of fused-ring (bicyclic) bond motifs is 3. The number of furan rings is 1. The van der Waals surface area contributed by atoms with Crippen molar-refractivity contribution in [3.63, 3.8) is 0 Å². The van der Waals surface area contributed by atoms with Crippen LogP contribution in [-0.2, 0) is 0 Å². The number of hydrogen-bond donors (Lipinski definition) is 1. The maximum absolute atomic E-state index is 13.0. The van der Waals surface area contributed by atoms with Crippen LogP contribution < -0.4 is 10.1 Å². The first kappa shape index (κ1) is 19.5. The second-order valence-corrected chi connectivity index (χ2v) is 8.69. The summed E-state index contributed by atoms with van der Waals surface area (Å²) in [6.45, 7) is 4.03. The SMILES string of the molecule is Cc1cc2nc3s/c(=C\c4ccc(-c5cc(C(=O)O)ccc5Cl)o4)c(=O)n3c2cc1C. The molecule has 3 aromatic heterocycles. The molecule has 1 N–H and O–H groups in total. The van der Waals surface area contributed by atoms with Gasteiger partial charge in [-0.1, -0.05) is 22.9 Å². The topological polar surface area (TPSA) is 84.8 Å². The normalized spacial score (nSPS) is 12.3. The lowest BCUT2D eigenvalue weighted by molar-refractivity contribution is 0.0697. The third kappa shape index (κ3) is 3.22. The predicted octanol–water partition coefficient (Wildman–Crippen LogP) is 4.69. The summed E-state index contributed by atoms with van der Waals surface area (Å²) in [6.07, 6.45) is 1.66. The van der Waals surface area contributed by atoms with Gasteiger partial charge in [0.1, 0.15) is 16.1 Å². The Morgan fingerprint density at radius 2 is 1.94 bits per heavy atom. The molecule has 0 spiro atoms. The summed E-state index contributed by atoms with van der Waals surface area (Å²) in [6, 6.07) is 11.8. The maximum atomic E-state index is 13.0. The number of carbonyl (C=O) groups is 1. The number of carboxylic acids is 1. The summed E-state index contributed by atoms with van der Waals surface area (Å²) in [4.78, 5) is 29.5. The average molecular weight is 451 g/mol. The van der Waals surface area contributed by atoms with Gasteiger partial charge in [0.05, 0.1) is 21.6 Å². The molecule has 0 amide bonds. The van der Waals surface area contributed by atoms with Crippen LogP contribution >= 0.6 is 22.9 Å². The van der Waals surface area contributed by atoms with Crippen LogP contribution in [0.25, 0.3) is 33.4 Å². The number of thiazole rings is 1. The lowest BCUT2D eigenvalue weighted by atomic mass is 10.1. The van der Waals surface area contributed by atoms with Gasteiger partial charge in [-0.15, -0.1) is 0 Å². The Labute approximate surface area is 184 Å². The van der Waals surface area contributed by atoms with Gasteiger partial charge in [-0.05, 0) is 67.4 Å². The van der Waals surface area contributed by atoms with E-state index in [-0.39, 0.29) is 11.1 Å². The smallest absolute Gasteiger partial charge is 0.335 e. The van der Waals surface area contributed by atoms with Crippen LogP contribution in [0.2, 0.25) is 5.02 Å². The van der Waals surface area contributed by atoms with Crippen molar-refractivity contribution in [1.29, 1.82) is 0 Å². The Morgan fingerprint density at radius 3 is 2.71 bits per heavy atom. The van der Waals surface area contributed by atoms with E-state index in [1.165, 1.54) is 29.5 Å². The fourth-order valence-corrected chi connectivity index (χ4v) is 4.65. The number of nitrogens with zero attached hydrogens (tertiary/aromatic N) is 2. The molecule has 154 valence electrons. The van der Waals surface area contributed by atoms with Gasteiger partial charge >= 0.3 is 5.97 Å². The third-order valence-corrected chi connectivity index (χ3v) is 6.53. The Kier molecular flexibility index (Phi) is 4.46. The van der Waals surface area contributed by atoms with Crippen molar-refractivity contribution in [2.24, 2.45) is 0 Å². The highest BCUT2D eigenvalue weighted by Crippen LogP contribution is 2.30. The molecule has 0 aliphatic carbocycles. The van der Waals surface area contributed by atoms with Crippen LogP contribution in [0.4, 0.5) is 0 Å². The van der Waals surface area contributed by atoms with Crippen LogP contribution in [0.1, 0.15) is 27.2 Å². The molecule has 0 saturated heterocycles. The summed E-state index contributed by atoms with van der Waals surface area (Å²) >= 11 is 7.52. The molecule has 31 heavy (non-hydrogen) atoms. The van der Waals surface area contributed by atoms with Gasteiger partial charge in [0, 0.05) is 11.6 Å². The molecule has 5 rings (SSSR count). The highest BCUT2D eigenvalue weighted by molar-refractivity contribution is 7.15. The minimum atomic E-state index is -1.05. The van der Waals surface area contributed by atoms with E-state index in [0.717, 1.165) is 22.2 Å². The van der Waals surface area contributed by atoms with Gasteiger partial charge < -0.3 is 9.52 Å². The molecule has 0 atom stereocenters. The first-order valence-corrected chi connectivity index (χ1v) is 10.6. The van der Waals surface area contributed by atoms with E-state index < -0.39 is 5.97 Å². The van der Waals surface area contributed by atoms with E-state index in [9.17, 15) is 14.7 Å². The molecule has 0 aliphatic heterocycles. The number of benzene rings is 2. The number of aromatic carboxylic acids is 1. The van der Waals surface area contributed by atoms with Crippen molar-refractivity contribution in [3.05, 3.63) is 84.8 Å². The zero-order valence-corrected chi connectivity index (χ0v) is 18.0. The standard InChI is InChI=1S/C23H15ClN2O4S/c1-11-7-17-18(8-12(11)2)26-21(27)20(31-23(26)25-17)10-14-4-6-19(30-14)15-9-13(22(28)29)3-5-16(15)24/h3-10H,1-2H3,(H,28,29)/b20-10-. The molecule has 3 heterocycles. The Morgan fingerprint density at radius 1 is 1.16 bits per heavy atom. The molecular formula is C23H15ClN2O4S. The summed E-state index contributed by atoms with van der Waals surface area (Å²) in [7, 11) is 0. The zero-order valence-electron chi connectivity index (χ0n) is 16.5. The van der Waals surface area contributed by atoms with Gasteiger partial charge in [0.15, 0.2) is 4.96 Å². The van der Waals surface area contributed by atoms with Crippen LogP contribution in [0, 0.1) is 13.8 Å². The average Bonchev–Trinajstić information content (AvgIpc) is 3.39. The first-order valence-electron chi connectivity index (χ1n) is 9.39. The predicted molar refractivity (Wildman–Crippen MR) is 121 cm³/mol. The molecular weight excluding hydrogens is 436 g/mol. The van der Waals surface area contributed by atoms with Crippen molar-refractivity contribution in [1.82, 2.24) is 9.38 Å². The molecule has 2 aromatic carbocycles. The second kappa shape index (κ2) is 7.08. The summed E-state index contributed by atoms with van der Waals surface area (Å²) in [5.74, 6) is -0.166. The van der Waals surface area contributed by atoms with Crippen molar-refractivity contribution in [2.45, 2.75) is 13.8 Å². The lowest BCUT2D eigenvalue weighted by Crippen LogP contribution is -2.22. The number of hydrogen-bond acceptors (Lipinski definition) is 5. The van der Waals surface area contributed by atoms with E-state index >= 15 is 0 Å². The first-order chi connectivity index (χ1) is 14.8. The van der Waals surface area contributed by atoms with E-state index in [0.29, 0.717) is 31.6 Å². The van der Waals surface area contributed by atoms with E-state index in [2.05, 4.69) is 4.98 Å². The van der Waals surface area contributed by atoms with Crippen LogP contribution in [0.3, 0.4) is 0 Å². The van der Waals surface area contributed by atoms with Gasteiger partial charge in [-0.3, -0.25) is 4.79 Å². The molecule has 5 aromatic rings. The molecule has 0 radical (unpaired) electrons. The number of imidazole rings is 1. The Balaban J connectivity index is 1.61. The van der Waals surface area contributed by atoms with Crippen LogP contribution in [0.15, 0.2) is 51.7 Å². The molecule has 0 unspecified atom stereocenters. The van der Waals surface area contributed by atoms with Crippen LogP contribution in [-0.4, -0.2) is 20.5 Å². The van der Waals surface area contributed by atoms with Gasteiger partial charge in [0.25, 0.3) is 5.56 Å². The zero-order chi connectivity index (χ0) is 21.9. The van der Waals surface area contributed by atoms with Gasteiger partial charge in [-0.25, -0.2) is 14.2 Å². The highest BCUT2D eigenvalue weighted by Gasteiger charge is 2.14. The quantitative estimate of drug-likeness (QED) is 0.431. The second-order valence-electron chi connectivity index (χ2n) is 7.27. The largest absolute Gasteiger partial charge is 0.478 e. The summed E-state index contributed by atoms with van der Waals surface area (Å²) < 4.78 is 7.96. The fraction of sp³-hybridized carbons (Fsp3) is 0.0870. The molecule has 6 nitrogen and oxygen atoms in total. The third-order valence-electron chi connectivity index (χ3n) is 5.23. The van der Waals surface area contributed by atoms with Crippen molar-refractivity contribution < 1.29 is 14.3 Å². The maximum Gasteiger partial charge on any atom is 0.335 e. The minimum Gasteiger partial charge on any atom is -0.478 e. The van der Waals surface area contributed by atoms with Crippen molar-refractivity contribution in [3.8, 4) is 11.3 Å². The fourth-order valence-electron chi connectivity index (χ4n) is 3.47. The minimum absolute atomic E-state index is 0.111.